The van der Waals surface area contributed by atoms with Crippen molar-refractivity contribution in [3.8, 4) is 0 Å². The zero-order chi connectivity index (χ0) is 11.6. The Morgan fingerprint density at radius 3 is 3.12 bits per heavy atom. The maximum absolute atomic E-state index is 5.61. The van der Waals surface area contributed by atoms with Crippen LogP contribution in [0.25, 0.3) is 0 Å². The lowest BCUT2D eigenvalue weighted by atomic mass is 10.3. The van der Waals surface area contributed by atoms with Gasteiger partial charge in [-0.1, -0.05) is 0 Å². The molecule has 1 aliphatic heterocycles. The lowest BCUT2D eigenvalue weighted by Gasteiger charge is -2.21. The minimum Gasteiger partial charge on any atom is -0.385 e. The minimum absolute atomic E-state index is 0.385. The van der Waals surface area contributed by atoms with Gasteiger partial charge in [0.25, 0.3) is 0 Å². The minimum atomic E-state index is 0.385. The molecule has 1 N–H and O–H groups in total. The molecule has 1 saturated heterocycles. The molecule has 0 aliphatic carbocycles. The number of ether oxygens (including phenoxy) is 2. The van der Waals surface area contributed by atoms with Gasteiger partial charge in [-0.15, -0.1) is 0 Å². The molecular formula is C12H26N2O2. The standard InChI is InChI=1S/C12H26N2O2/c1-12-11-14(7-4-10-16-12)8-6-13-5-3-9-15-2/h12-13H,3-11H2,1-2H3. The first-order chi connectivity index (χ1) is 7.83. The topological polar surface area (TPSA) is 33.7 Å². The lowest BCUT2D eigenvalue weighted by molar-refractivity contribution is 0.0679. The Kier molecular flexibility index (Phi) is 7.76. The molecule has 0 aromatic carbocycles. The molecule has 1 atom stereocenters. The third kappa shape index (κ3) is 6.43. The summed E-state index contributed by atoms with van der Waals surface area (Å²) in [6.07, 6.45) is 2.64. The van der Waals surface area contributed by atoms with Gasteiger partial charge in [0.1, 0.15) is 0 Å². The van der Waals surface area contributed by atoms with Crippen LogP contribution in [0.2, 0.25) is 0 Å². The molecule has 1 rings (SSSR count). The molecule has 1 fully saturated rings. The van der Waals surface area contributed by atoms with Crippen molar-refractivity contribution in [3.63, 3.8) is 0 Å². The third-order valence-electron chi connectivity index (χ3n) is 2.84. The van der Waals surface area contributed by atoms with Gasteiger partial charge in [0.05, 0.1) is 6.10 Å². The van der Waals surface area contributed by atoms with Gasteiger partial charge in [-0.3, -0.25) is 4.90 Å². The second-order valence-corrected chi connectivity index (χ2v) is 4.43. The number of nitrogens with one attached hydrogen (secondary N) is 1. The Morgan fingerprint density at radius 2 is 2.31 bits per heavy atom. The van der Waals surface area contributed by atoms with Gasteiger partial charge in [0.15, 0.2) is 0 Å². The highest BCUT2D eigenvalue weighted by Gasteiger charge is 2.13. The molecule has 96 valence electrons. The van der Waals surface area contributed by atoms with E-state index in [0.717, 1.165) is 52.2 Å². The summed E-state index contributed by atoms with van der Waals surface area (Å²) >= 11 is 0. The van der Waals surface area contributed by atoms with Gasteiger partial charge in [-0.2, -0.15) is 0 Å². The summed E-state index contributed by atoms with van der Waals surface area (Å²) in [5.74, 6) is 0. The fourth-order valence-electron chi connectivity index (χ4n) is 1.99. The van der Waals surface area contributed by atoms with Crippen LogP contribution in [0.15, 0.2) is 0 Å². The second-order valence-electron chi connectivity index (χ2n) is 4.43. The van der Waals surface area contributed by atoms with E-state index >= 15 is 0 Å². The summed E-state index contributed by atoms with van der Waals surface area (Å²) in [5, 5.41) is 3.44. The number of rotatable bonds is 7. The van der Waals surface area contributed by atoms with E-state index in [0.29, 0.717) is 6.10 Å². The molecule has 0 spiro atoms. The molecule has 0 aromatic heterocycles. The maximum Gasteiger partial charge on any atom is 0.0673 e. The van der Waals surface area contributed by atoms with Crippen LogP contribution in [0.5, 0.6) is 0 Å². The second kappa shape index (κ2) is 8.93. The summed E-state index contributed by atoms with van der Waals surface area (Å²) in [6.45, 7) is 9.40. The maximum atomic E-state index is 5.61. The van der Waals surface area contributed by atoms with Crippen molar-refractivity contribution >= 4 is 0 Å². The van der Waals surface area contributed by atoms with Crippen LogP contribution in [-0.2, 0) is 9.47 Å². The zero-order valence-electron chi connectivity index (χ0n) is 10.7. The SMILES string of the molecule is COCCCNCCN1CCCOC(C)C1. The van der Waals surface area contributed by atoms with E-state index in [4.69, 9.17) is 9.47 Å². The van der Waals surface area contributed by atoms with Crippen molar-refractivity contribution in [2.45, 2.75) is 25.9 Å². The van der Waals surface area contributed by atoms with Gasteiger partial charge in [-0.25, -0.2) is 0 Å². The number of methoxy groups -OCH3 is 1. The van der Waals surface area contributed by atoms with Crippen LogP contribution >= 0.6 is 0 Å². The first kappa shape index (κ1) is 13.9. The van der Waals surface area contributed by atoms with E-state index in [1.807, 2.05) is 0 Å². The first-order valence-corrected chi connectivity index (χ1v) is 6.36. The van der Waals surface area contributed by atoms with Gasteiger partial charge in [0, 0.05) is 46.5 Å². The largest absolute Gasteiger partial charge is 0.385 e. The average Bonchev–Trinajstić information content (AvgIpc) is 2.48. The van der Waals surface area contributed by atoms with Crippen LogP contribution in [0.3, 0.4) is 0 Å². The fourth-order valence-corrected chi connectivity index (χ4v) is 1.99. The van der Waals surface area contributed by atoms with Crippen LogP contribution in [-0.4, -0.2) is 64.1 Å². The first-order valence-electron chi connectivity index (χ1n) is 6.36. The summed E-state index contributed by atoms with van der Waals surface area (Å²) < 4.78 is 10.6. The van der Waals surface area contributed by atoms with E-state index < -0.39 is 0 Å². The Labute approximate surface area is 99.3 Å². The normalized spacial score (nSPS) is 23.2. The number of nitrogens with zero attached hydrogens (tertiary/aromatic N) is 1. The van der Waals surface area contributed by atoms with Crippen molar-refractivity contribution in [3.05, 3.63) is 0 Å². The van der Waals surface area contributed by atoms with Crippen molar-refractivity contribution in [1.29, 1.82) is 0 Å². The Balaban J connectivity index is 1.98. The van der Waals surface area contributed by atoms with E-state index in [1.165, 1.54) is 6.54 Å². The molecule has 16 heavy (non-hydrogen) atoms. The van der Waals surface area contributed by atoms with Crippen molar-refractivity contribution in [2.75, 3.05) is 53.0 Å². The zero-order valence-corrected chi connectivity index (χ0v) is 10.7. The van der Waals surface area contributed by atoms with Crippen LogP contribution in [0.4, 0.5) is 0 Å². The van der Waals surface area contributed by atoms with Gasteiger partial charge >= 0.3 is 0 Å². The van der Waals surface area contributed by atoms with Crippen molar-refractivity contribution in [1.82, 2.24) is 10.2 Å². The van der Waals surface area contributed by atoms with Crippen LogP contribution in [0, 0.1) is 0 Å². The Morgan fingerprint density at radius 1 is 1.44 bits per heavy atom. The van der Waals surface area contributed by atoms with Crippen LogP contribution in [0.1, 0.15) is 19.8 Å². The summed E-state index contributed by atoms with van der Waals surface area (Å²) in [7, 11) is 1.75. The van der Waals surface area contributed by atoms with E-state index in [1.54, 1.807) is 7.11 Å². The molecular weight excluding hydrogens is 204 g/mol. The molecule has 0 saturated carbocycles. The molecule has 1 heterocycles. The highest BCUT2D eigenvalue weighted by molar-refractivity contribution is 4.67. The monoisotopic (exact) mass is 230 g/mol. The molecule has 0 radical (unpaired) electrons. The van der Waals surface area contributed by atoms with Gasteiger partial charge in [-0.05, 0) is 26.3 Å². The number of hydrogen-bond donors (Lipinski definition) is 1. The smallest absolute Gasteiger partial charge is 0.0673 e. The lowest BCUT2D eigenvalue weighted by Crippen LogP contribution is -2.36. The fraction of sp³-hybridized carbons (Fsp3) is 1.00. The average molecular weight is 230 g/mol. The van der Waals surface area contributed by atoms with Crippen molar-refractivity contribution in [2.24, 2.45) is 0 Å². The highest BCUT2D eigenvalue weighted by atomic mass is 16.5. The molecule has 0 bridgehead atoms. The molecule has 0 amide bonds. The predicted octanol–water partition coefficient (Wildman–Crippen LogP) is 0.723. The Hall–Kier alpha value is -0.160. The molecule has 0 aromatic rings. The molecule has 1 aliphatic rings. The van der Waals surface area contributed by atoms with Gasteiger partial charge in [0.2, 0.25) is 0 Å². The van der Waals surface area contributed by atoms with Crippen molar-refractivity contribution < 1.29 is 9.47 Å². The van der Waals surface area contributed by atoms with E-state index in [2.05, 4.69) is 17.1 Å². The van der Waals surface area contributed by atoms with Crippen LogP contribution < -0.4 is 5.32 Å². The van der Waals surface area contributed by atoms with E-state index in [-0.39, 0.29) is 0 Å². The third-order valence-corrected chi connectivity index (χ3v) is 2.84. The molecule has 4 nitrogen and oxygen atoms in total. The molecule has 1 unspecified atom stereocenters. The van der Waals surface area contributed by atoms with E-state index in [9.17, 15) is 0 Å². The summed E-state index contributed by atoms with van der Waals surface area (Å²) in [4.78, 5) is 2.49. The summed E-state index contributed by atoms with van der Waals surface area (Å²) in [5.41, 5.74) is 0. The molecule has 4 heteroatoms. The quantitative estimate of drug-likeness (QED) is 0.654. The summed E-state index contributed by atoms with van der Waals surface area (Å²) in [6, 6.07) is 0. The van der Waals surface area contributed by atoms with Gasteiger partial charge < -0.3 is 14.8 Å². The highest BCUT2D eigenvalue weighted by Crippen LogP contribution is 2.04. The Bertz CT molecular complexity index is 167. The number of hydrogen-bond acceptors (Lipinski definition) is 4. The predicted molar refractivity (Wildman–Crippen MR) is 65.8 cm³/mol.